The number of amides is 1. The number of carbonyl (C=O) groups excluding carboxylic acids is 1. The van der Waals surface area contributed by atoms with Crippen molar-refractivity contribution in [3.63, 3.8) is 0 Å². The predicted octanol–water partition coefficient (Wildman–Crippen LogP) is 4.17. The monoisotopic (exact) mass is 464 g/mol. The molecule has 1 amide bonds. The van der Waals surface area contributed by atoms with Gasteiger partial charge in [0.15, 0.2) is 0 Å². The van der Waals surface area contributed by atoms with Gasteiger partial charge in [0, 0.05) is 5.56 Å². The zero-order valence-corrected chi connectivity index (χ0v) is 19.6. The van der Waals surface area contributed by atoms with Gasteiger partial charge in [-0.05, 0) is 43.9 Å². The molecule has 10 heteroatoms. The second kappa shape index (κ2) is 9.37. The molecule has 4 rings (SSSR count). The first kappa shape index (κ1) is 22.4. The number of benzene rings is 2. The van der Waals surface area contributed by atoms with E-state index >= 15 is 0 Å². The van der Waals surface area contributed by atoms with Gasteiger partial charge in [-0.25, -0.2) is 4.68 Å². The third-order valence-electron chi connectivity index (χ3n) is 4.99. The number of nitrogens with zero attached hydrogens (tertiary/aromatic N) is 4. The second-order valence-corrected chi connectivity index (χ2v) is 8.27. The molecule has 2 aromatic heterocycles. The highest BCUT2D eigenvalue weighted by Gasteiger charge is 2.24. The zero-order chi connectivity index (χ0) is 23.5. The first-order chi connectivity index (χ1) is 15.9. The highest BCUT2D eigenvalue weighted by molar-refractivity contribution is 7.98. The molecule has 33 heavy (non-hydrogen) atoms. The van der Waals surface area contributed by atoms with E-state index in [1.54, 1.807) is 13.2 Å². The Morgan fingerprint density at radius 1 is 1.21 bits per heavy atom. The number of ether oxygens (including phenoxy) is 1. The molecule has 0 radical (unpaired) electrons. The van der Waals surface area contributed by atoms with Crippen LogP contribution in [-0.2, 0) is 11.3 Å². The summed E-state index contributed by atoms with van der Waals surface area (Å²) >= 11 is 1.38. The minimum atomic E-state index is -0.293. The smallest absolute Gasteiger partial charge is 0.264 e. The summed E-state index contributed by atoms with van der Waals surface area (Å²) in [5, 5.41) is 12.0. The van der Waals surface area contributed by atoms with Crippen molar-refractivity contribution >= 4 is 29.2 Å². The largest absolute Gasteiger partial charge is 0.495 e. The normalized spacial score (nSPS) is 10.9. The Morgan fingerprint density at radius 2 is 2.00 bits per heavy atom. The van der Waals surface area contributed by atoms with Gasteiger partial charge in [-0.1, -0.05) is 35.0 Å². The summed E-state index contributed by atoms with van der Waals surface area (Å²) in [5.74, 6) is 1.25. The molecule has 4 aromatic rings. The van der Waals surface area contributed by atoms with Crippen LogP contribution in [0, 0.1) is 13.8 Å². The molecular weight excluding hydrogens is 440 g/mol. The average molecular weight is 465 g/mol. The van der Waals surface area contributed by atoms with Gasteiger partial charge >= 0.3 is 0 Å². The Bertz CT molecular complexity index is 1310. The van der Waals surface area contributed by atoms with Crippen LogP contribution in [0.25, 0.3) is 22.8 Å². The number of nitrogens with two attached hydrogens (primary N) is 1. The molecule has 0 saturated carbocycles. The van der Waals surface area contributed by atoms with Crippen molar-refractivity contribution in [1.29, 1.82) is 0 Å². The fraction of sp³-hybridized carbons (Fsp3) is 0.217. The Balaban J connectivity index is 1.60. The lowest BCUT2D eigenvalue weighted by Gasteiger charge is -2.11. The summed E-state index contributed by atoms with van der Waals surface area (Å²) in [6.45, 7) is 3.85. The number of aryl methyl sites for hydroxylation is 2. The van der Waals surface area contributed by atoms with E-state index in [2.05, 4.69) is 20.6 Å². The van der Waals surface area contributed by atoms with Gasteiger partial charge in [-0.15, -0.1) is 11.8 Å². The number of hydrogen-bond donors (Lipinski definition) is 2. The molecule has 0 bridgehead atoms. The van der Waals surface area contributed by atoms with Gasteiger partial charge in [-0.2, -0.15) is 10.1 Å². The van der Waals surface area contributed by atoms with E-state index < -0.39 is 0 Å². The van der Waals surface area contributed by atoms with Gasteiger partial charge in [0.25, 0.3) is 5.89 Å². The number of carbonyl (C=O) groups is 1. The summed E-state index contributed by atoms with van der Waals surface area (Å²) in [7, 11) is 1.55. The summed E-state index contributed by atoms with van der Waals surface area (Å²) in [4.78, 5) is 17.3. The molecule has 170 valence electrons. The molecule has 0 saturated heterocycles. The van der Waals surface area contributed by atoms with Crippen molar-refractivity contribution in [2.75, 3.05) is 24.4 Å². The summed E-state index contributed by atoms with van der Waals surface area (Å²) in [6, 6.07) is 13.4. The lowest BCUT2D eigenvalue weighted by atomic mass is 10.1. The number of anilines is 2. The molecule has 2 heterocycles. The van der Waals surface area contributed by atoms with Gasteiger partial charge in [0.2, 0.25) is 11.7 Å². The number of hydrogen-bond acceptors (Lipinski definition) is 8. The average Bonchev–Trinajstić information content (AvgIpc) is 3.38. The van der Waals surface area contributed by atoms with E-state index in [9.17, 15) is 4.79 Å². The maximum atomic E-state index is 12.7. The molecule has 0 spiro atoms. The van der Waals surface area contributed by atoms with Crippen molar-refractivity contribution in [1.82, 2.24) is 19.9 Å². The second-order valence-electron chi connectivity index (χ2n) is 7.47. The number of rotatable bonds is 7. The number of methoxy groups -OCH3 is 1. The lowest BCUT2D eigenvalue weighted by molar-refractivity contribution is -0.116. The van der Waals surface area contributed by atoms with Crippen LogP contribution in [0.2, 0.25) is 0 Å². The number of aromatic nitrogens is 4. The molecule has 2 aromatic carbocycles. The van der Waals surface area contributed by atoms with E-state index in [1.165, 1.54) is 16.4 Å². The predicted molar refractivity (Wildman–Crippen MR) is 128 cm³/mol. The molecule has 0 atom stereocenters. The number of nitrogen functional groups attached to an aromatic ring is 1. The maximum absolute atomic E-state index is 12.7. The maximum Gasteiger partial charge on any atom is 0.264 e. The third kappa shape index (κ3) is 4.70. The fourth-order valence-corrected chi connectivity index (χ4v) is 3.96. The van der Waals surface area contributed by atoms with Crippen LogP contribution in [0.1, 0.15) is 11.1 Å². The minimum absolute atomic E-state index is 0.0879. The molecular formula is C23H24N6O3S. The van der Waals surface area contributed by atoms with Crippen LogP contribution in [0.3, 0.4) is 0 Å². The lowest BCUT2D eigenvalue weighted by Crippen LogP contribution is -2.21. The molecule has 0 aliphatic rings. The van der Waals surface area contributed by atoms with E-state index in [-0.39, 0.29) is 24.2 Å². The van der Waals surface area contributed by atoms with Gasteiger partial charge in [0.05, 0.1) is 12.8 Å². The van der Waals surface area contributed by atoms with E-state index in [0.717, 1.165) is 16.7 Å². The SMILES string of the molecule is COc1ccc(C)cc1NC(=O)Cn1nc(SC)c(-c2nc(-c3cccc(C)c3)no2)c1N. The Kier molecular flexibility index (Phi) is 6.36. The van der Waals surface area contributed by atoms with E-state index in [1.807, 2.05) is 56.5 Å². The van der Waals surface area contributed by atoms with Crippen molar-refractivity contribution in [2.24, 2.45) is 0 Å². The molecule has 9 nitrogen and oxygen atoms in total. The number of thioether (sulfide) groups is 1. The highest BCUT2D eigenvalue weighted by Crippen LogP contribution is 2.35. The van der Waals surface area contributed by atoms with Crippen molar-refractivity contribution < 1.29 is 14.1 Å². The summed E-state index contributed by atoms with van der Waals surface area (Å²) in [6.07, 6.45) is 1.87. The zero-order valence-electron chi connectivity index (χ0n) is 18.7. The molecule has 0 fully saturated rings. The molecule has 0 aliphatic carbocycles. The number of nitrogens with one attached hydrogen (secondary N) is 1. The van der Waals surface area contributed by atoms with Crippen molar-refractivity contribution in [3.05, 3.63) is 53.6 Å². The summed E-state index contributed by atoms with van der Waals surface area (Å²) in [5.41, 5.74) is 10.4. The van der Waals surface area contributed by atoms with Gasteiger partial charge in [-0.3, -0.25) is 4.79 Å². The quantitative estimate of drug-likeness (QED) is 0.391. The third-order valence-corrected chi connectivity index (χ3v) is 5.66. The molecule has 0 unspecified atom stereocenters. The summed E-state index contributed by atoms with van der Waals surface area (Å²) < 4.78 is 12.3. The Hall–Kier alpha value is -3.79. The van der Waals surface area contributed by atoms with E-state index in [0.29, 0.717) is 27.9 Å². The Morgan fingerprint density at radius 3 is 2.73 bits per heavy atom. The van der Waals surface area contributed by atoms with Crippen LogP contribution in [0.5, 0.6) is 5.75 Å². The van der Waals surface area contributed by atoms with Gasteiger partial charge in [0.1, 0.15) is 28.7 Å². The van der Waals surface area contributed by atoms with Gasteiger partial charge < -0.3 is 20.3 Å². The first-order valence-corrected chi connectivity index (χ1v) is 11.4. The van der Waals surface area contributed by atoms with Crippen molar-refractivity contribution in [2.45, 2.75) is 25.4 Å². The fourth-order valence-electron chi connectivity index (χ4n) is 3.39. The van der Waals surface area contributed by atoms with Crippen molar-refractivity contribution in [3.8, 4) is 28.6 Å². The van der Waals surface area contributed by atoms with Crippen LogP contribution < -0.4 is 15.8 Å². The topological polar surface area (TPSA) is 121 Å². The van der Waals surface area contributed by atoms with Crippen LogP contribution in [0.4, 0.5) is 11.5 Å². The standard InChI is InChI=1S/C23H24N6O3S/c1-13-6-5-7-15(10-13)21-26-22(32-28-21)19-20(24)29(27-23(19)33-4)12-18(30)25-16-11-14(2)8-9-17(16)31-3/h5-11H,12,24H2,1-4H3,(H,25,30). The molecule has 3 N–H and O–H groups in total. The first-order valence-electron chi connectivity index (χ1n) is 10.2. The Labute approximate surface area is 195 Å². The minimum Gasteiger partial charge on any atom is -0.495 e. The molecule has 0 aliphatic heterocycles. The van der Waals surface area contributed by atoms with E-state index in [4.69, 9.17) is 15.0 Å². The van der Waals surface area contributed by atoms with Crippen LogP contribution >= 0.6 is 11.8 Å². The highest BCUT2D eigenvalue weighted by atomic mass is 32.2. The van der Waals surface area contributed by atoms with Crippen LogP contribution in [0.15, 0.2) is 52.0 Å². The van der Waals surface area contributed by atoms with Crippen LogP contribution in [-0.4, -0.2) is 39.2 Å².